The largest absolute Gasteiger partial charge is 0.494 e. The molecule has 6 nitrogen and oxygen atoms in total. The molecular weight excluding hydrogens is 414 g/mol. The van der Waals surface area contributed by atoms with Crippen LogP contribution >= 0.6 is 0 Å². The van der Waals surface area contributed by atoms with Gasteiger partial charge in [-0.15, -0.1) is 0 Å². The summed E-state index contributed by atoms with van der Waals surface area (Å²) in [5, 5.41) is 10.7. The highest BCUT2D eigenvalue weighted by molar-refractivity contribution is 5.89. The van der Waals surface area contributed by atoms with E-state index in [1.807, 2.05) is 85.8 Å². The fraction of sp³-hybridized carbons (Fsp3) is 0.111. The summed E-state index contributed by atoms with van der Waals surface area (Å²) < 4.78 is 13.2. The summed E-state index contributed by atoms with van der Waals surface area (Å²) in [4.78, 5) is 14.0. The van der Waals surface area contributed by atoms with Gasteiger partial charge in [0.25, 0.3) is 5.56 Å². The lowest BCUT2D eigenvalue weighted by molar-refractivity contribution is 0.340. The van der Waals surface area contributed by atoms with Crippen molar-refractivity contribution in [3.05, 3.63) is 112 Å². The average molecular weight is 435 g/mol. The van der Waals surface area contributed by atoms with Crippen LogP contribution < -0.4 is 20.8 Å². The van der Waals surface area contributed by atoms with Gasteiger partial charge in [0, 0.05) is 11.1 Å². The van der Waals surface area contributed by atoms with E-state index in [0.29, 0.717) is 29.2 Å². The number of allylic oxidation sites excluding steroid dienone is 1. The number of fused-ring (bicyclic) bond motifs is 3. The molecular formula is C27H21N3O3. The highest BCUT2D eigenvalue weighted by Gasteiger charge is 2.35. The average Bonchev–Trinajstić information content (AvgIpc) is 2.85. The van der Waals surface area contributed by atoms with E-state index < -0.39 is 5.92 Å². The molecule has 1 aromatic heterocycles. The molecule has 0 fully saturated rings. The Balaban J connectivity index is 1.85. The summed E-state index contributed by atoms with van der Waals surface area (Å²) in [6.07, 6.45) is 0. The van der Waals surface area contributed by atoms with E-state index >= 15 is 0 Å². The van der Waals surface area contributed by atoms with Gasteiger partial charge >= 0.3 is 0 Å². The Hall–Kier alpha value is -4.50. The predicted molar refractivity (Wildman–Crippen MR) is 126 cm³/mol. The van der Waals surface area contributed by atoms with E-state index in [1.54, 1.807) is 4.57 Å². The molecule has 0 spiro atoms. The summed E-state index contributed by atoms with van der Waals surface area (Å²) in [5.41, 5.74) is 8.72. The highest BCUT2D eigenvalue weighted by atomic mass is 16.5. The van der Waals surface area contributed by atoms with E-state index in [2.05, 4.69) is 6.07 Å². The van der Waals surface area contributed by atoms with Crippen LogP contribution in [0.5, 0.6) is 11.5 Å². The van der Waals surface area contributed by atoms with E-state index in [-0.39, 0.29) is 17.0 Å². The molecule has 1 atom stereocenters. The lowest BCUT2D eigenvalue weighted by Gasteiger charge is -2.28. The molecule has 2 N–H and O–H groups in total. The second-order valence-electron chi connectivity index (χ2n) is 7.66. The van der Waals surface area contributed by atoms with Crippen LogP contribution in [0, 0.1) is 11.3 Å². The number of benzene rings is 3. The Morgan fingerprint density at radius 3 is 2.42 bits per heavy atom. The van der Waals surface area contributed by atoms with E-state index in [1.165, 1.54) is 0 Å². The predicted octanol–water partition coefficient (Wildman–Crippen LogP) is 4.61. The standard InChI is InChI=1S/C27H21N3O3/c1-2-32-19-14-12-17(13-15-19)23-21(16-28)26(29)33-25-20-10-6-7-11-22(20)30(27(31)24(23)25)18-8-4-3-5-9-18/h3-15,23H,2,29H2,1H3/t23-/m0/s1. The minimum absolute atomic E-state index is 0.00546. The van der Waals surface area contributed by atoms with Crippen molar-refractivity contribution < 1.29 is 9.47 Å². The summed E-state index contributed by atoms with van der Waals surface area (Å²) in [6.45, 7) is 2.46. The normalized spacial score (nSPS) is 15.0. The molecule has 0 bridgehead atoms. The van der Waals surface area contributed by atoms with Crippen LogP contribution in [-0.2, 0) is 0 Å². The van der Waals surface area contributed by atoms with Crippen LogP contribution in [0.25, 0.3) is 16.6 Å². The molecule has 4 aromatic rings. The molecule has 3 aromatic carbocycles. The van der Waals surface area contributed by atoms with Gasteiger partial charge in [-0.25, -0.2) is 0 Å². The SMILES string of the molecule is CCOc1ccc([C@H]2C(C#N)=C(N)Oc3c2c(=O)n(-c2ccccc2)c2ccccc32)cc1. The second-order valence-corrected chi connectivity index (χ2v) is 7.66. The number of ether oxygens (including phenoxy) is 2. The lowest BCUT2D eigenvalue weighted by Crippen LogP contribution is -2.31. The second kappa shape index (κ2) is 8.21. The fourth-order valence-electron chi connectivity index (χ4n) is 4.36. The third-order valence-electron chi connectivity index (χ3n) is 5.78. The zero-order valence-corrected chi connectivity index (χ0v) is 18.0. The highest BCUT2D eigenvalue weighted by Crippen LogP contribution is 2.44. The number of nitrogens with zero attached hydrogens (tertiary/aromatic N) is 2. The number of rotatable bonds is 4. The third kappa shape index (κ3) is 3.31. The summed E-state index contributed by atoms with van der Waals surface area (Å²) in [6, 6.07) is 26.5. The van der Waals surface area contributed by atoms with Crippen LogP contribution in [0.1, 0.15) is 24.0 Å². The van der Waals surface area contributed by atoms with Crippen molar-refractivity contribution in [1.29, 1.82) is 5.26 Å². The van der Waals surface area contributed by atoms with Crippen molar-refractivity contribution in [3.8, 4) is 23.3 Å². The first-order chi connectivity index (χ1) is 16.1. The molecule has 162 valence electrons. The third-order valence-corrected chi connectivity index (χ3v) is 5.78. The van der Waals surface area contributed by atoms with Crippen LogP contribution in [-0.4, -0.2) is 11.2 Å². The molecule has 6 heteroatoms. The van der Waals surface area contributed by atoms with Crippen molar-refractivity contribution in [2.45, 2.75) is 12.8 Å². The van der Waals surface area contributed by atoms with E-state index in [0.717, 1.165) is 16.6 Å². The van der Waals surface area contributed by atoms with E-state index in [4.69, 9.17) is 15.2 Å². The molecule has 0 radical (unpaired) electrons. The maximum Gasteiger partial charge on any atom is 0.263 e. The smallest absolute Gasteiger partial charge is 0.263 e. The van der Waals surface area contributed by atoms with Gasteiger partial charge in [0.2, 0.25) is 5.88 Å². The van der Waals surface area contributed by atoms with Crippen LogP contribution in [0.4, 0.5) is 0 Å². The molecule has 5 rings (SSSR count). The quantitative estimate of drug-likeness (QED) is 0.506. The van der Waals surface area contributed by atoms with Crippen molar-refractivity contribution in [2.24, 2.45) is 5.73 Å². The number of hydrogen-bond donors (Lipinski definition) is 1. The monoisotopic (exact) mass is 435 g/mol. The van der Waals surface area contributed by atoms with Gasteiger partial charge in [0.1, 0.15) is 23.1 Å². The number of pyridine rings is 1. The Labute approximate surface area is 190 Å². The first-order valence-electron chi connectivity index (χ1n) is 10.7. The van der Waals surface area contributed by atoms with Crippen molar-refractivity contribution in [1.82, 2.24) is 4.57 Å². The molecule has 0 saturated carbocycles. The van der Waals surface area contributed by atoms with Gasteiger partial charge in [0.15, 0.2) is 0 Å². The molecule has 0 unspecified atom stereocenters. The first kappa shape index (κ1) is 20.4. The topological polar surface area (TPSA) is 90.3 Å². The maximum atomic E-state index is 14.0. The zero-order chi connectivity index (χ0) is 22.9. The molecule has 1 aliphatic heterocycles. The first-order valence-corrected chi connectivity index (χ1v) is 10.7. The minimum Gasteiger partial charge on any atom is -0.494 e. The van der Waals surface area contributed by atoms with Crippen molar-refractivity contribution in [2.75, 3.05) is 6.61 Å². The number of para-hydroxylation sites is 2. The molecule has 0 amide bonds. The molecule has 33 heavy (non-hydrogen) atoms. The number of aromatic nitrogens is 1. The molecule has 0 saturated heterocycles. The fourth-order valence-corrected chi connectivity index (χ4v) is 4.36. The molecule has 2 heterocycles. The van der Waals surface area contributed by atoms with Gasteiger partial charge in [-0.1, -0.05) is 42.5 Å². The van der Waals surface area contributed by atoms with Crippen molar-refractivity contribution in [3.63, 3.8) is 0 Å². The van der Waals surface area contributed by atoms with Gasteiger partial charge in [-0.05, 0) is 48.9 Å². The van der Waals surface area contributed by atoms with Gasteiger partial charge in [-0.3, -0.25) is 9.36 Å². The van der Waals surface area contributed by atoms with Crippen molar-refractivity contribution >= 4 is 10.9 Å². The number of nitriles is 1. The van der Waals surface area contributed by atoms with Gasteiger partial charge < -0.3 is 15.2 Å². The summed E-state index contributed by atoms with van der Waals surface area (Å²) in [5.74, 6) is 0.440. The summed E-state index contributed by atoms with van der Waals surface area (Å²) >= 11 is 0. The maximum absolute atomic E-state index is 14.0. The van der Waals surface area contributed by atoms with Gasteiger partial charge in [-0.2, -0.15) is 5.26 Å². The Bertz CT molecular complexity index is 1480. The Morgan fingerprint density at radius 2 is 1.73 bits per heavy atom. The van der Waals surface area contributed by atoms with Crippen LogP contribution in [0.3, 0.4) is 0 Å². The van der Waals surface area contributed by atoms with Crippen LogP contribution in [0.15, 0.2) is 95.1 Å². The van der Waals surface area contributed by atoms with E-state index in [9.17, 15) is 10.1 Å². The summed E-state index contributed by atoms with van der Waals surface area (Å²) in [7, 11) is 0. The molecule has 0 aliphatic carbocycles. The zero-order valence-electron chi connectivity index (χ0n) is 18.0. The van der Waals surface area contributed by atoms with Crippen LogP contribution in [0.2, 0.25) is 0 Å². The minimum atomic E-state index is -0.665. The Morgan fingerprint density at radius 1 is 1.03 bits per heavy atom. The van der Waals surface area contributed by atoms with Gasteiger partial charge in [0.05, 0.1) is 23.6 Å². The lowest BCUT2D eigenvalue weighted by atomic mass is 9.83. The Kier molecular flexibility index (Phi) is 5.08. The number of nitrogens with two attached hydrogens (primary N) is 1. The number of hydrogen-bond acceptors (Lipinski definition) is 5. The molecule has 1 aliphatic rings.